The summed E-state index contributed by atoms with van der Waals surface area (Å²) in [5.74, 6) is -0.444. The van der Waals surface area contributed by atoms with Crippen LogP contribution in [0, 0.1) is 5.92 Å². The van der Waals surface area contributed by atoms with Crippen LogP contribution < -0.4 is 5.73 Å². The van der Waals surface area contributed by atoms with E-state index in [9.17, 15) is 4.79 Å². The summed E-state index contributed by atoms with van der Waals surface area (Å²) >= 11 is 5.97. The Morgan fingerprint density at radius 2 is 2.17 bits per heavy atom. The van der Waals surface area contributed by atoms with Crippen molar-refractivity contribution < 1.29 is 9.90 Å². The average Bonchev–Trinajstić information content (AvgIpc) is 2.34. The molecule has 1 aromatic rings. The van der Waals surface area contributed by atoms with E-state index in [-0.39, 0.29) is 11.8 Å². The Hall–Kier alpha value is -1.06. The second kappa shape index (κ2) is 6.76. The van der Waals surface area contributed by atoms with Gasteiger partial charge < -0.3 is 10.8 Å². The normalized spacial score (nSPS) is 16.0. The van der Waals surface area contributed by atoms with E-state index in [1.807, 2.05) is 24.3 Å². The van der Waals surface area contributed by atoms with Crippen molar-refractivity contribution in [2.75, 3.05) is 0 Å². The van der Waals surface area contributed by atoms with Crippen LogP contribution in [0.1, 0.15) is 38.2 Å². The summed E-state index contributed by atoms with van der Waals surface area (Å²) in [5, 5.41) is 9.58. The van der Waals surface area contributed by atoms with Crippen LogP contribution in [0.4, 0.5) is 0 Å². The molecule has 0 heterocycles. The highest BCUT2D eigenvalue weighted by Gasteiger charge is 2.23. The number of hydrogen-bond donors (Lipinski definition) is 2. The van der Waals surface area contributed by atoms with Crippen LogP contribution in [0.2, 0.25) is 5.02 Å². The van der Waals surface area contributed by atoms with Gasteiger partial charge in [-0.1, -0.05) is 44.0 Å². The van der Waals surface area contributed by atoms with Gasteiger partial charge in [-0.25, -0.2) is 0 Å². The molecule has 3 N–H and O–H groups in total. The minimum atomic E-state index is -0.938. The van der Waals surface area contributed by atoms with Crippen molar-refractivity contribution in [3.05, 3.63) is 34.9 Å². The molecule has 0 fully saturated rings. The van der Waals surface area contributed by atoms with Crippen LogP contribution in [0.3, 0.4) is 0 Å². The number of aliphatic carboxylic acids is 1. The number of rotatable bonds is 6. The smallest absolute Gasteiger partial charge is 0.320 e. The monoisotopic (exact) mass is 269 g/mol. The molecule has 0 amide bonds. The summed E-state index contributed by atoms with van der Waals surface area (Å²) in [6, 6.07) is 6.91. The maximum atomic E-state index is 10.8. The van der Waals surface area contributed by atoms with Crippen molar-refractivity contribution in [3.63, 3.8) is 0 Å². The van der Waals surface area contributed by atoms with Crippen molar-refractivity contribution in [1.29, 1.82) is 0 Å². The Morgan fingerprint density at radius 1 is 1.50 bits per heavy atom. The SMILES string of the molecule is CCC(CC(N)C(=O)O)C(C)c1cccc(Cl)c1. The van der Waals surface area contributed by atoms with E-state index < -0.39 is 12.0 Å². The van der Waals surface area contributed by atoms with Gasteiger partial charge in [-0.3, -0.25) is 4.79 Å². The summed E-state index contributed by atoms with van der Waals surface area (Å²) < 4.78 is 0. The molecule has 0 bridgehead atoms. The predicted octanol–water partition coefficient (Wildman–Crippen LogP) is 3.27. The fourth-order valence-electron chi connectivity index (χ4n) is 2.21. The van der Waals surface area contributed by atoms with Crippen molar-refractivity contribution in [3.8, 4) is 0 Å². The molecule has 0 aliphatic heterocycles. The Bertz CT molecular complexity index is 409. The Labute approximate surface area is 113 Å². The van der Waals surface area contributed by atoms with Crippen molar-refractivity contribution >= 4 is 17.6 Å². The van der Waals surface area contributed by atoms with Gasteiger partial charge in [-0.15, -0.1) is 0 Å². The van der Waals surface area contributed by atoms with Crippen LogP contribution in [-0.2, 0) is 4.79 Å². The Morgan fingerprint density at radius 3 is 2.67 bits per heavy atom. The van der Waals surface area contributed by atoms with E-state index in [4.69, 9.17) is 22.4 Å². The molecule has 0 spiro atoms. The molecule has 0 saturated heterocycles. The van der Waals surface area contributed by atoms with Crippen LogP contribution >= 0.6 is 11.6 Å². The third-order valence-electron chi connectivity index (χ3n) is 3.48. The second-order valence-electron chi connectivity index (χ2n) is 4.69. The summed E-state index contributed by atoms with van der Waals surface area (Å²) in [6.45, 7) is 4.15. The van der Waals surface area contributed by atoms with Crippen molar-refractivity contribution in [2.45, 2.75) is 38.6 Å². The quantitative estimate of drug-likeness (QED) is 0.833. The van der Waals surface area contributed by atoms with Gasteiger partial charge in [0, 0.05) is 5.02 Å². The third-order valence-corrected chi connectivity index (χ3v) is 3.71. The summed E-state index contributed by atoms with van der Waals surface area (Å²) in [6.07, 6.45) is 1.38. The fourth-order valence-corrected chi connectivity index (χ4v) is 2.41. The highest BCUT2D eigenvalue weighted by Crippen LogP contribution is 2.31. The van der Waals surface area contributed by atoms with Gasteiger partial charge in [0.15, 0.2) is 0 Å². The zero-order valence-electron chi connectivity index (χ0n) is 10.8. The molecule has 1 aromatic carbocycles. The lowest BCUT2D eigenvalue weighted by Gasteiger charge is -2.24. The molecule has 0 aromatic heterocycles. The van der Waals surface area contributed by atoms with Gasteiger partial charge in [0.25, 0.3) is 0 Å². The van der Waals surface area contributed by atoms with Gasteiger partial charge in [-0.2, -0.15) is 0 Å². The minimum Gasteiger partial charge on any atom is -0.480 e. The van der Waals surface area contributed by atoms with Gasteiger partial charge in [0.05, 0.1) is 0 Å². The first-order chi connectivity index (χ1) is 8.45. The molecule has 0 aliphatic rings. The lowest BCUT2D eigenvalue weighted by molar-refractivity contribution is -0.139. The molecule has 3 atom stereocenters. The number of carboxylic acids is 1. The molecule has 4 heteroatoms. The summed E-state index contributed by atoms with van der Waals surface area (Å²) in [5.41, 5.74) is 6.74. The van der Waals surface area contributed by atoms with E-state index >= 15 is 0 Å². The van der Waals surface area contributed by atoms with Gasteiger partial charge in [-0.05, 0) is 36.0 Å². The van der Waals surface area contributed by atoms with Gasteiger partial charge in [0.2, 0.25) is 0 Å². The first-order valence-corrected chi connectivity index (χ1v) is 6.57. The topological polar surface area (TPSA) is 63.3 Å². The lowest BCUT2D eigenvalue weighted by atomic mass is 9.82. The number of halogens is 1. The molecule has 0 aliphatic carbocycles. The molecule has 100 valence electrons. The highest BCUT2D eigenvalue weighted by atomic mass is 35.5. The van der Waals surface area contributed by atoms with Crippen molar-refractivity contribution in [2.24, 2.45) is 11.7 Å². The predicted molar refractivity (Wildman–Crippen MR) is 73.9 cm³/mol. The molecule has 18 heavy (non-hydrogen) atoms. The highest BCUT2D eigenvalue weighted by molar-refractivity contribution is 6.30. The van der Waals surface area contributed by atoms with Gasteiger partial charge >= 0.3 is 5.97 Å². The van der Waals surface area contributed by atoms with Crippen LogP contribution in [-0.4, -0.2) is 17.1 Å². The Kier molecular flexibility index (Phi) is 5.63. The third kappa shape index (κ3) is 4.00. The molecular weight excluding hydrogens is 250 g/mol. The number of hydrogen-bond acceptors (Lipinski definition) is 2. The van der Waals surface area contributed by atoms with E-state index in [0.717, 1.165) is 12.0 Å². The molecule has 0 saturated carbocycles. The molecule has 3 nitrogen and oxygen atoms in total. The van der Waals surface area contributed by atoms with E-state index in [0.29, 0.717) is 11.4 Å². The molecular formula is C14H20ClNO2. The van der Waals surface area contributed by atoms with E-state index in [1.165, 1.54) is 0 Å². The molecule has 1 rings (SSSR count). The zero-order chi connectivity index (χ0) is 13.7. The van der Waals surface area contributed by atoms with Gasteiger partial charge in [0.1, 0.15) is 6.04 Å². The first-order valence-electron chi connectivity index (χ1n) is 6.19. The molecule has 0 radical (unpaired) electrons. The molecule has 3 unspecified atom stereocenters. The maximum absolute atomic E-state index is 10.8. The van der Waals surface area contributed by atoms with E-state index in [1.54, 1.807) is 0 Å². The number of carboxylic acid groups (broad SMARTS) is 1. The average molecular weight is 270 g/mol. The van der Waals surface area contributed by atoms with Crippen LogP contribution in [0.15, 0.2) is 24.3 Å². The van der Waals surface area contributed by atoms with E-state index in [2.05, 4.69) is 13.8 Å². The van der Waals surface area contributed by atoms with Crippen LogP contribution in [0.5, 0.6) is 0 Å². The maximum Gasteiger partial charge on any atom is 0.320 e. The Balaban J connectivity index is 2.79. The van der Waals surface area contributed by atoms with Crippen LogP contribution in [0.25, 0.3) is 0 Å². The first kappa shape index (κ1) is 15.0. The lowest BCUT2D eigenvalue weighted by Crippen LogP contribution is -2.33. The minimum absolute atomic E-state index is 0.245. The number of carbonyl (C=O) groups is 1. The second-order valence-corrected chi connectivity index (χ2v) is 5.13. The largest absolute Gasteiger partial charge is 0.480 e. The number of benzene rings is 1. The fraction of sp³-hybridized carbons (Fsp3) is 0.500. The summed E-state index contributed by atoms with van der Waals surface area (Å²) in [7, 11) is 0. The summed E-state index contributed by atoms with van der Waals surface area (Å²) in [4.78, 5) is 10.8. The zero-order valence-corrected chi connectivity index (χ0v) is 11.5. The van der Waals surface area contributed by atoms with Crippen molar-refractivity contribution in [1.82, 2.24) is 0 Å². The number of nitrogens with two attached hydrogens (primary N) is 1. The standard InChI is InChI=1S/C14H20ClNO2/c1-3-10(8-13(16)14(17)18)9(2)11-5-4-6-12(15)7-11/h4-7,9-10,13H,3,8,16H2,1-2H3,(H,17,18).